The van der Waals surface area contributed by atoms with Crippen molar-refractivity contribution in [2.24, 2.45) is 0 Å². The van der Waals surface area contributed by atoms with Crippen LogP contribution in [0, 0.1) is 11.8 Å². The van der Waals surface area contributed by atoms with E-state index in [0.29, 0.717) is 5.56 Å². The van der Waals surface area contributed by atoms with Crippen LogP contribution in [0.25, 0.3) is 0 Å². The molecule has 0 saturated heterocycles. The topological polar surface area (TPSA) is 29.1 Å². The maximum absolute atomic E-state index is 12.6. The summed E-state index contributed by atoms with van der Waals surface area (Å²) in [4.78, 5) is 11.9. The first-order valence-electron chi connectivity index (χ1n) is 7.43. The summed E-state index contributed by atoms with van der Waals surface area (Å²) in [5.41, 5.74) is 1.17. The van der Waals surface area contributed by atoms with Crippen molar-refractivity contribution >= 4 is 5.91 Å². The van der Waals surface area contributed by atoms with Crippen LogP contribution in [0.2, 0.25) is 0 Å². The number of hydrogen-bond acceptors (Lipinski definition) is 1. The van der Waals surface area contributed by atoms with Gasteiger partial charge in [-0.15, -0.1) is 0 Å². The third-order valence-corrected chi connectivity index (χ3v) is 3.38. The SMILES string of the molecule is CCc1ccc(C(=O)NCC#Cc2cccc(C(F)(F)F)c2)cc1. The maximum atomic E-state index is 12.6. The Morgan fingerprint density at radius 1 is 1.12 bits per heavy atom. The molecular formula is C19H16F3NO. The maximum Gasteiger partial charge on any atom is 0.416 e. The molecule has 0 radical (unpaired) electrons. The van der Waals surface area contributed by atoms with Crippen molar-refractivity contribution in [3.8, 4) is 11.8 Å². The van der Waals surface area contributed by atoms with E-state index in [0.717, 1.165) is 24.1 Å². The van der Waals surface area contributed by atoms with E-state index in [4.69, 9.17) is 0 Å². The highest BCUT2D eigenvalue weighted by Gasteiger charge is 2.30. The molecule has 0 atom stereocenters. The first-order chi connectivity index (χ1) is 11.4. The molecule has 2 aromatic rings. The Hall–Kier alpha value is -2.74. The summed E-state index contributed by atoms with van der Waals surface area (Å²) in [6.07, 6.45) is -3.50. The lowest BCUT2D eigenvalue weighted by atomic mass is 10.1. The lowest BCUT2D eigenvalue weighted by molar-refractivity contribution is -0.137. The number of alkyl halides is 3. The molecule has 0 aliphatic rings. The van der Waals surface area contributed by atoms with Crippen LogP contribution in [0.1, 0.15) is 34.0 Å². The van der Waals surface area contributed by atoms with Gasteiger partial charge < -0.3 is 5.32 Å². The van der Waals surface area contributed by atoms with Gasteiger partial charge in [-0.25, -0.2) is 0 Å². The zero-order valence-corrected chi connectivity index (χ0v) is 13.1. The Bertz CT molecular complexity index is 768. The molecule has 0 aromatic heterocycles. The zero-order chi connectivity index (χ0) is 17.6. The lowest BCUT2D eigenvalue weighted by Crippen LogP contribution is -2.23. The molecule has 0 spiro atoms. The Labute approximate surface area is 138 Å². The lowest BCUT2D eigenvalue weighted by Gasteiger charge is -2.05. The summed E-state index contributed by atoms with van der Waals surface area (Å²) in [6.45, 7) is 2.09. The Balaban J connectivity index is 1.95. The quantitative estimate of drug-likeness (QED) is 0.845. The van der Waals surface area contributed by atoms with Crippen molar-refractivity contribution in [1.82, 2.24) is 5.32 Å². The third-order valence-electron chi connectivity index (χ3n) is 3.38. The number of hydrogen-bond donors (Lipinski definition) is 1. The number of aryl methyl sites for hydroxylation is 1. The van der Waals surface area contributed by atoms with Crippen molar-refractivity contribution in [2.45, 2.75) is 19.5 Å². The van der Waals surface area contributed by atoms with Crippen LogP contribution in [0.3, 0.4) is 0 Å². The second-order valence-corrected chi connectivity index (χ2v) is 5.11. The van der Waals surface area contributed by atoms with Gasteiger partial charge in [0.15, 0.2) is 0 Å². The predicted octanol–water partition coefficient (Wildman–Crippen LogP) is 4.05. The average molecular weight is 331 g/mol. The van der Waals surface area contributed by atoms with Gasteiger partial charge in [-0.2, -0.15) is 13.2 Å². The molecule has 0 aliphatic carbocycles. The second kappa shape index (κ2) is 7.69. The number of carbonyl (C=O) groups excluding carboxylic acids is 1. The van der Waals surface area contributed by atoms with Gasteiger partial charge in [-0.1, -0.05) is 37.0 Å². The van der Waals surface area contributed by atoms with Gasteiger partial charge in [-0.3, -0.25) is 4.79 Å². The predicted molar refractivity (Wildman–Crippen MR) is 86.5 cm³/mol. The Kier molecular flexibility index (Phi) is 5.64. The molecular weight excluding hydrogens is 315 g/mol. The minimum atomic E-state index is -4.39. The largest absolute Gasteiger partial charge is 0.416 e. The first kappa shape index (κ1) is 17.6. The highest BCUT2D eigenvalue weighted by atomic mass is 19.4. The third kappa shape index (κ3) is 4.88. The van der Waals surface area contributed by atoms with Crippen molar-refractivity contribution in [1.29, 1.82) is 0 Å². The minimum Gasteiger partial charge on any atom is -0.341 e. The van der Waals surface area contributed by atoms with E-state index in [9.17, 15) is 18.0 Å². The van der Waals surface area contributed by atoms with Crippen LogP contribution in [-0.2, 0) is 12.6 Å². The number of rotatable bonds is 3. The molecule has 0 bridgehead atoms. The fourth-order valence-corrected chi connectivity index (χ4v) is 2.04. The molecule has 2 rings (SSSR count). The number of benzene rings is 2. The molecule has 2 aromatic carbocycles. The first-order valence-corrected chi connectivity index (χ1v) is 7.43. The minimum absolute atomic E-state index is 0.0601. The molecule has 0 aliphatic heterocycles. The molecule has 0 fully saturated rings. The number of carbonyl (C=O) groups is 1. The van der Waals surface area contributed by atoms with Gasteiger partial charge in [0, 0.05) is 11.1 Å². The molecule has 0 saturated carbocycles. The summed E-state index contributed by atoms with van der Waals surface area (Å²) in [6, 6.07) is 12.0. The van der Waals surface area contributed by atoms with Crippen molar-refractivity contribution < 1.29 is 18.0 Å². The summed E-state index contributed by atoms with van der Waals surface area (Å²) in [5, 5.41) is 2.62. The van der Waals surface area contributed by atoms with Gasteiger partial charge in [0.25, 0.3) is 5.91 Å². The van der Waals surface area contributed by atoms with Crippen LogP contribution in [0.5, 0.6) is 0 Å². The van der Waals surface area contributed by atoms with Gasteiger partial charge >= 0.3 is 6.18 Å². The normalized spacial score (nSPS) is 10.7. The molecule has 0 unspecified atom stereocenters. The number of nitrogens with one attached hydrogen (secondary N) is 1. The van der Waals surface area contributed by atoms with Crippen LogP contribution < -0.4 is 5.32 Å². The van der Waals surface area contributed by atoms with E-state index >= 15 is 0 Å². The van der Waals surface area contributed by atoms with Crippen LogP contribution >= 0.6 is 0 Å². The molecule has 24 heavy (non-hydrogen) atoms. The van der Waals surface area contributed by atoms with Gasteiger partial charge in [-0.05, 0) is 42.3 Å². The van der Waals surface area contributed by atoms with Crippen molar-refractivity contribution in [3.63, 3.8) is 0 Å². The zero-order valence-electron chi connectivity index (χ0n) is 13.1. The molecule has 5 heteroatoms. The van der Waals surface area contributed by atoms with E-state index in [1.165, 1.54) is 12.1 Å². The van der Waals surface area contributed by atoms with E-state index in [-0.39, 0.29) is 18.0 Å². The fourth-order valence-electron chi connectivity index (χ4n) is 2.04. The Morgan fingerprint density at radius 2 is 1.83 bits per heavy atom. The van der Waals surface area contributed by atoms with Crippen LogP contribution in [0.4, 0.5) is 13.2 Å². The fraction of sp³-hybridized carbons (Fsp3) is 0.211. The van der Waals surface area contributed by atoms with Gasteiger partial charge in [0.1, 0.15) is 0 Å². The number of halogens is 3. The molecule has 2 nitrogen and oxygen atoms in total. The molecule has 0 heterocycles. The highest BCUT2D eigenvalue weighted by molar-refractivity contribution is 5.94. The highest BCUT2D eigenvalue weighted by Crippen LogP contribution is 2.29. The number of amides is 1. The molecule has 1 N–H and O–H groups in total. The van der Waals surface area contributed by atoms with Gasteiger partial charge in [0.2, 0.25) is 0 Å². The van der Waals surface area contributed by atoms with Crippen molar-refractivity contribution in [2.75, 3.05) is 6.54 Å². The van der Waals surface area contributed by atoms with E-state index in [1.807, 2.05) is 19.1 Å². The molecule has 124 valence electrons. The average Bonchev–Trinajstić information content (AvgIpc) is 2.58. The van der Waals surface area contributed by atoms with Gasteiger partial charge in [0.05, 0.1) is 12.1 Å². The summed E-state index contributed by atoms with van der Waals surface area (Å²) in [5.74, 6) is 5.00. The summed E-state index contributed by atoms with van der Waals surface area (Å²) < 4.78 is 37.8. The Morgan fingerprint density at radius 3 is 2.46 bits per heavy atom. The van der Waals surface area contributed by atoms with Crippen LogP contribution in [-0.4, -0.2) is 12.5 Å². The van der Waals surface area contributed by atoms with E-state index in [2.05, 4.69) is 17.2 Å². The summed E-state index contributed by atoms with van der Waals surface area (Å²) >= 11 is 0. The smallest absolute Gasteiger partial charge is 0.341 e. The van der Waals surface area contributed by atoms with Crippen molar-refractivity contribution in [3.05, 3.63) is 70.8 Å². The second-order valence-electron chi connectivity index (χ2n) is 5.11. The standard InChI is InChI=1S/C19H16F3NO/c1-2-14-8-10-16(11-9-14)18(24)23-12-4-6-15-5-3-7-17(13-15)19(20,21)22/h3,5,7-11,13H,2,12H2,1H3,(H,23,24). The summed E-state index contributed by atoms with van der Waals surface area (Å²) in [7, 11) is 0. The van der Waals surface area contributed by atoms with Crippen LogP contribution in [0.15, 0.2) is 48.5 Å². The van der Waals surface area contributed by atoms with E-state index in [1.54, 1.807) is 12.1 Å². The monoisotopic (exact) mass is 331 g/mol. The van der Waals surface area contributed by atoms with E-state index < -0.39 is 11.7 Å². The molecule has 1 amide bonds.